The number of nitrogens with zero attached hydrogens (tertiary/aromatic N) is 5. The van der Waals surface area contributed by atoms with Crippen LogP contribution in [0.4, 0.5) is 5.82 Å². The number of anilines is 1. The SMILES string of the molecule is CN=C(C)c1cnc2c(N3CCOCC3)nc(-c3cccc(O)c3)nc2c1. The Kier molecular flexibility index (Phi) is 4.68. The van der Waals surface area contributed by atoms with Crippen molar-refractivity contribution < 1.29 is 9.84 Å². The van der Waals surface area contributed by atoms with Crippen molar-refractivity contribution in [3.05, 3.63) is 42.1 Å². The van der Waals surface area contributed by atoms with Crippen LogP contribution in [0.25, 0.3) is 22.4 Å². The lowest BCUT2D eigenvalue weighted by Crippen LogP contribution is -2.37. The van der Waals surface area contributed by atoms with E-state index in [0.717, 1.165) is 46.8 Å². The van der Waals surface area contributed by atoms with Gasteiger partial charge in [0.25, 0.3) is 0 Å². The second kappa shape index (κ2) is 7.28. The summed E-state index contributed by atoms with van der Waals surface area (Å²) in [6.45, 7) is 4.78. The summed E-state index contributed by atoms with van der Waals surface area (Å²) >= 11 is 0. The largest absolute Gasteiger partial charge is 0.508 e. The first kappa shape index (κ1) is 17.4. The van der Waals surface area contributed by atoms with Gasteiger partial charge in [-0.3, -0.25) is 4.99 Å². The van der Waals surface area contributed by atoms with E-state index >= 15 is 0 Å². The third-order valence-corrected chi connectivity index (χ3v) is 4.69. The van der Waals surface area contributed by atoms with Gasteiger partial charge in [0.05, 0.1) is 18.7 Å². The molecule has 1 aliphatic rings. The van der Waals surface area contributed by atoms with Crippen molar-refractivity contribution in [1.82, 2.24) is 15.0 Å². The van der Waals surface area contributed by atoms with Crippen molar-refractivity contribution in [2.24, 2.45) is 4.99 Å². The van der Waals surface area contributed by atoms with Gasteiger partial charge in [0, 0.05) is 43.2 Å². The predicted octanol–water partition coefficient (Wildman–Crippen LogP) is 2.67. The zero-order valence-electron chi connectivity index (χ0n) is 15.4. The lowest BCUT2D eigenvalue weighted by atomic mass is 10.1. The topological polar surface area (TPSA) is 83.7 Å². The molecule has 3 aromatic rings. The van der Waals surface area contributed by atoms with Crippen molar-refractivity contribution in [2.45, 2.75) is 6.92 Å². The molecule has 0 atom stereocenters. The standard InChI is InChI=1S/C20H21N5O2/c1-13(21-2)15-11-17-18(22-12-15)20(25-6-8-27-9-7-25)24-19(23-17)14-4-3-5-16(26)10-14/h3-5,10-12,26H,6-9H2,1-2H3. The van der Waals surface area contributed by atoms with Gasteiger partial charge in [0.1, 0.15) is 11.3 Å². The van der Waals surface area contributed by atoms with E-state index in [1.807, 2.05) is 25.3 Å². The fraction of sp³-hybridized carbons (Fsp3) is 0.300. The van der Waals surface area contributed by atoms with Gasteiger partial charge < -0.3 is 14.7 Å². The number of fused-ring (bicyclic) bond motifs is 1. The first-order chi connectivity index (χ1) is 13.2. The van der Waals surface area contributed by atoms with Gasteiger partial charge in [0.2, 0.25) is 0 Å². The first-order valence-corrected chi connectivity index (χ1v) is 8.89. The lowest BCUT2D eigenvalue weighted by Gasteiger charge is -2.28. The number of ether oxygens (including phenoxy) is 1. The molecule has 1 N–H and O–H groups in total. The second-order valence-electron chi connectivity index (χ2n) is 6.42. The van der Waals surface area contributed by atoms with Gasteiger partial charge in [-0.25, -0.2) is 15.0 Å². The molecule has 1 saturated heterocycles. The summed E-state index contributed by atoms with van der Waals surface area (Å²) in [5, 5.41) is 9.84. The summed E-state index contributed by atoms with van der Waals surface area (Å²) in [7, 11) is 1.76. The van der Waals surface area contributed by atoms with Crippen LogP contribution in [0, 0.1) is 0 Å². The van der Waals surface area contributed by atoms with E-state index in [1.165, 1.54) is 0 Å². The number of aliphatic imine (C=N–C) groups is 1. The van der Waals surface area contributed by atoms with Crippen LogP contribution in [-0.4, -0.2) is 59.1 Å². The molecule has 138 valence electrons. The number of phenols is 1. The molecule has 1 aliphatic heterocycles. The highest BCUT2D eigenvalue weighted by Crippen LogP contribution is 2.28. The van der Waals surface area contributed by atoms with Gasteiger partial charge in [0.15, 0.2) is 11.6 Å². The summed E-state index contributed by atoms with van der Waals surface area (Å²) in [5.74, 6) is 1.54. The summed E-state index contributed by atoms with van der Waals surface area (Å²) in [4.78, 5) is 20.6. The van der Waals surface area contributed by atoms with E-state index in [0.29, 0.717) is 19.0 Å². The van der Waals surface area contributed by atoms with Crippen LogP contribution in [0.5, 0.6) is 5.75 Å². The summed E-state index contributed by atoms with van der Waals surface area (Å²) < 4.78 is 5.47. The molecule has 0 unspecified atom stereocenters. The van der Waals surface area contributed by atoms with Crippen LogP contribution in [-0.2, 0) is 4.74 Å². The first-order valence-electron chi connectivity index (χ1n) is 8.89. The summed E-state index contributed by atoms with van der Waals surface area (Å²) in [6, 6.07) is 8.96. The number of rotatable bonds is 3. The van der Waals surface area contributed by atoms with Crippen molar-refractivity contribution in [3.8, 4) is 17.1 Å². The molecule has 0 bridgehead atoms. The smallest absolute Gasteiger partial charge is 0.162 e. The van der Waals surface area contributed by atoms with Crippen molar-refractivity contribution >= 4 is 22.6 Å². The van der Waals surface area contributed by atoms with Crippen LogP contribution in [0.3, 0.4) is 0 Å². The highest BCUT2D eigenvalue weighted by molar-refractivity contribution is 6.01. The number of phenolic OH excluding ortho intramolecular Hbond substituents is 1. The van der Waals surface area contributed by atoms with Crippen molar-refractivity contribution in [3.63, 3.8) is 0 Å². The molecule has 4 rings (SSSR count). The van der Waals surface area contributed by atoms with Crippen molar-refractivity contribution in [2.75, 3.05) is 38.3 Å². The maximum Gasteiger partial charge on any atom is 0.162 e. The molecule has 1 aromatic carbocycles. The molecule has 0 spiro atoms. The molecule has 2 aromatic heterocycles. The van der Waals surface area contributed by atoms with E-state index in [1.54, 1.807) is 25.2 Å². The monoisotopic (exact) mass is 363 g/mol. The maximum atomic E-state index is 9.84. The quantitative estimate of drug-likeness (QED) is 0.720. The average molecular weight is 363 g/mol. The molecule has 27 heavy (non-hydrogen) atoms. The second-order valence-corrected chi connectivity index (χ2v) is 6.42. The van der Waals surface area contributed by atoms with E-state index in [9.17, 15) is 5.11 Å². The zero-order valence-corrected chi connectivity index (χ0v) is 15.4. The Balaban J connectivity index is 1.92. The number of aromatic nitrogens is 3. The summed E-state index contributed by atoms with van der Waals surface area (Å²) in [6.07, 6.45) is 1.81. The predicted molar refractivity (Wildman–Crippen MR) is 106 cm³/mol. The molecule has 7 heteroatoms. The van der Waals surface area contributed by atoms with Crippen LogP contribution < -0.4 is 4.90 Å². The normalized spacial score (nSPS) is 15.3. The molecule has 1 fully saturated rings. The number of pyridine rings is 1. The van der Waals surface area contributed by atoms with Crippen LogP contribution >= 0.6 is 0 Å². The molecular weight excluding hydrogens is 342 g/mol. The van der Waals surface area contributed by atoms with Crippen LogP contribution in [0.15, 0.2) is 41.5 Å². The Morgan fingerprint density at radius 3 is 2.74 bits per heavy atom. The van der Waals surface area contributed by atoms with Crippen LogP contribution in [0.2, 0.25) is 0 Å². The molecule has 0 aliphatic carbocycles. The van der Waals surface area contributed by atoms with Gasteiger partial charge in [-0.05, 0) is 25.1 Å². The minimum atomic E-state index is 0.185. The Hall–Kier alpha value is -3.06. The van der Waals surface area contributed by atoms with Gasteiger partial charge >= 0.3 is 0 Å². The Labute approximate surface area is 157 Å². The third-order valence-electron chi connectivity index (χ3n) is 4.69. The number of morpholine rings is 1. The number of hydrogen-bond donors (Lipinski definition) is 1. The van der Waals surface area contributed by atoms with Gasteiger partial charge in [-0.15, -0.1) is 0 Å². The molecule has 0 saturated carbocycles. The lowest BCUT2D eigenvalue weighted by molar-refractivity contribution is 0.122. The van der Waals surface area contributed by atoms with E-state index in [2.05, 4.69) is 14.9 Å². The van der Waals surface area contributed by atoms with E-state index in [4.69, 9.17) is 14.7 Å². The van der Waals surface area contributed by atoms with E-state index < -0.39 is 0 Å². The number of hydrogen-bond acceptors (Lipinski definition) is 7. The third kappa shape index (κ3) is 3.46. The minimum Gasteiger partial charge on any atom is -0.508 e. The van der Waals surface area contributed by atoms with Gasteiger partial charge in [-0.1, -0.05) is 12.1 Å². The minimum absolute atomic E-state index is 0.185. The van der Waals surface area contributed by atoms with E-state index in [-0.39, 0.29) is 5.75 Å². The number of benzene rings is 1. The Bertz CT molecular complexity index is 1010. The number of aromatic hydroxyl groups is 1. The zero-order chi connectivity index (χ0) is 18.8. The molecule has 0 radical (unpaired) electrons. The van der Waals surface area contributed by atoms with Crippen molar-refractivity contribution in [1.29, 1.82) is 0 Å². The highest BCUT2D eigenvalue weighted by atomic mass is 16.5. The fourth-order valence-electron chi connectivity index (χ4n) is 3.10. The Morgan fingerprint density at radius 1 is 1.19 bits per heavy atom. The summed E-state index contributed by atoms with van der Waals surface area (Å²) in [5.41, 5.74) is 4.10. The highest BCUT2D eigenvalue weighted by Gasteiger charge is 2.19. The molecule has 0 amide bonds. The Morgan fingerprint density at radius 2 is 2.00 bits per heavy atom. The average Bonchev–Trinajstić information content (AvgIpc) is 2.72. The molecule has 7 nitrogen and oxygen atoms in total. The maximum absolute atomic E-state index is 9.84. The van der Waals surface area contributed by atoms with Crippen LogP contribution in [0.1, 0.15) is 12.5 Å². The van der Waals surface area contributed by atoms with Gasteiger partial charge in [-0.2, -0.15) is 0 Å². The molecule has 3 heterocycles. The molecular formula is C20H21N5O2. The fourth-order valence-corrected chi connectivity index (χ4v) is 3.10.